The van der Waals surface area contributed by atoms with Crippen LogP contribution in [0.3, 0.4) is 0 Å². The van der Waals surface area contributed by atoms with Gasteiger partial charge in [-0.1, -0.05) is 12.1 Å². The van der Waals surface area contributed by atoms with E-state index >= 15 is 0 Å². The number of pyridine rings is 1. The number of fused-ring (bicyclic) bond motifs is 1. The van der Waals surface area contributed by atoms with Gasteiger partial charge in [-0.15, -0.1) is 0 Å². The molecule has 2 aromatic heterocycles. The van der Waals surface area contributed by atoms with Gasteiger partial charge >= 0.3 is 22.3 Å². The standard InChI is InChI=1S/C26H33N5O6S/c1-5-37-24(32)18-8-6-7-9-21(18)31(38(34,35)36)25(33)29-22-11-10-20-23(28-22)19(16-27-20)17-12-14-30(15-13-17)26(2,3)4/h6-11,16-17,27H,5,12-15H2,1-4H3,(H,28,29,33)(H,34,35,36). The highest BCUT2D eigenvalue weighted by atomic mass is 32.2. The van der Waals surface area contributed by atoms with Crippen LogP contribution in [0.1, 0.15) is 62.4 Å². The number of urea groups is 1. The van der Waals surface area contributed by atoms with E-state index in [0.717, 1.165) is 37.0 Å². The number of benzene rings is 1. The largest absolute Gasteiger partial charge is 0.462 e. The number of hydrogen-bond acceptors (Lipinski definition) is 7. The fourth-order valence-corrected chi connectivity index (χ4v) is 5.46. The number of likely N-dealkylation sites (tertiary alicyclic amines) is 1. The Hall–Kier alpha value is -3.48. The highest BCUT2D eigenvalue weighted by Gasteiger charge is 2.32. The van der Waals surface area contributed by atoms with Gasteiger partial charge in [-0.05, 0) is 89.4 Å². The van der Waals surface area contributed by atoms with E-state index in [2.05, 4.69) is 41.0 Å². The van der Waals surface area contributed by atoms with Crippen molar-refractivity contribution in [3.05, 3.63) is 53.7 Å². The van der Waals surface area contributed by atoms with Crippen molar-refractivity contribution in [3.8, 4) is 0 Å². The number of nitrogens with zero attached hydrogens (tertiary/aromatic N) is 3. The number of aromatic amines is 1. The Kier molecular flexibility index (Phi) is 7.77. The highest BCUT2D eigenvalue weighted by Crippen LogP contribution is 2.35. The Balaban J connectivity index is 1.61. The molecule has 0 aliphatic carbocycles. The topological polar surface area (TPSA) is 145 Å². The van der Waals surface area contributed by atoms with Gasteiger partial charge in [0.2, 0.25) is 0 Å². The Morgan fingerprint density at radius 2 is 1.87 bits per heavy atom. The Morgan fingerprint density at radius 3 is 2.50 bits per heavy atom. The number of ether oxygens (including phenoxy) is 1. The summed E-state index contributed by atoms with van der Waals surface area (Å²) in [5, 5.41) is 2.45. The molecule has 12 heteroatoms. The molecule has 1 fully saturated rings. The number of anilines is 2. The maximum atomic E-state index is 13.2. The first kappa shape index (κ1) is 27.6. The summed E-state index contributed by atoms with van der Waals surface area (Å²) in [6.45, 7) is 10.2. The van der Waals surface area contributed by atoms with Gasteiger partial charge < -0.3 is 9.72 Å². The van der Waals surface area contributed by atoms with Crippen molar-refractivity contribution in [2.45, 2.75) is 52.0 Å². The number of nitrogens with one attached hydrogen (secondary N) is 2. The van der Waals surface area contributed by atoms with Crippen LogP contribution >= 0.6 is 0 Å². The number of carbonyl (C=O) groups excluding carboxylic acids is 2. The molecule has 0 radical (unpaired) electrons. The minimum Gasteiger partial charge on any atom is -0.462 e. The molecule has 11 nitrogen and oxygen atoms in total. The van der Waals surface area contributed by atoms with Gasteiger partial charge in [0.15, 0.2) is 0 Å². The van der Waals surface area contributed by atoms with E-state index in [-0.39, 0.29) is 39.4 Å². The number of esters is 1. The van der Waals surface area contributed by atoms with E-state index in [1.54, 1.807) is 13.0 Å². The molecule has 1 aliphatic rings. The van der Waals surface area contributed by atoms with Crippen molar-refractivity contribution in [3.63, 3.8) is 0 Å². The Labute approximate surface area is 222 Å². The summed E-state index contributed by atoms with van der Waals surface area (Å²) < 4.78 is 39.5. The summed E-state index contributed by atoms with van der Waals surface area (Å²) >= 11 is 0. The van der Waals surface area contributed by atoms with Crippen LogP contribution in [0.25, 0.3) is 11.0 Å². The number of carbonyl (C=O) groups is 2. The first-order chi connectivity index (χ1) is 17.9. The third kappa shape index (κ3) is 5.82. The molecule has 1 saturated heterocycles. The van der Waals surface area contributed by atoms with Crippen LogP contribution in [-0.2, 0) is 15.0 Å². The molecular formula is C26H33N5O6S. The number of hydrogen-bond donors (Lipinski definition) is 3. The molecule has 0 bridgehead atoms. The van der Waals surface area contributed by atoms with Gasteiger partial charge in [-0.2, -0.15) is 12.7 Å². The maximum Gasteiger partial charge on any atom is 0.368 e. The minimum absolute atomic E-state index is 0.0450. The third-order valence-corrected chi connectivity index (χ3v) is 7.53. The van der Waals surface area contributed by atoms with Crippen LogP contribution in [0.15, 0.2) is 42.6 Å². The quantitative estimate of drug-likeness (QED) is 0.303. The number of H-pyrrole nitrogens is 1. The number of amides is 2. The van der Waals surface area contributed by atoms with Crippen LogP contribution in [0, 0.1) is 0 Å². The van der Waals surface area contributed by atoms with E-state index < -0.39 is 22.3 Å². The zero-order valence-electron chi connectivity index (χ0n) is 21.9. The minimum atomic E-state index is -5.11. The molecule has 0 spiro atoms. The van der Waals surface area contributed by atoms with Crippen LogP contribution < -0.4 is 9.62 Å². The molecule has 0 unspecified atom stereocenters. The third-order valence-electron chi connectivity index (χ3n) is 6.70. The van der Waals surface area contributed by atoms with Crippen LogP contribution in [-0.4, -0.2) is 65.1 Å². The zero-order chi connectivity index (χ0) is 27.7. The van der Waals surface area contributed by atoms with Crippen molar-refractivity contribution >= 4 is 44.8 Å². The predicted octanol–water partition coefficient (Wildman–Crippen LogP) is 4.56. The molecule has 1 aromatic carbocycles. The summed E-state index contributed by atoms with van der Waals surface area (Å²) in [5.74, 6) is -0.456. The summed E-state index contributed by atoms with van der Waals surface area (Å²) in [7, 11) is -5.11. The van der Waals surface area contributed by atoms with Crippen molar-refractivity contribution in [2.24, 2.45) is 0 Å². The average Bonchev–Trinajstić information content (AvgIpc) is 3.26. The lowest BCUT2D eigenvalue weighted by atomic mass is 9.88. The van der Waals surface area contributed by atoms with Gasteiger partial charge in [0.25, 0.3) is 0 Å². The predicted molar refractivity (Wildman–Crippen MR) is 145 cm³/mol. The van der Waals surface area contributed by atoms with Gasteiger partial charge in [-0.3, -0.25) is 14.8 Å². The van der Waals surface area contributed by atoms with Crippen molar-refractivity contribution in [1.82, 2.24) is 14.9 Å². The lowest BCUT2D eigenvalue weighted by Gasteiger charge is -2.40. The Bertz CT molecular complexity index is 1440. The SMILES string of the molecule is CCOC(=O)c1ccccc1N(C(=O)Nc1ccc2[nH]cc(C3CCN(C(C)(C)C)CC3)c2n1)S(=O)(=O)O. The molecule has 0 saturated carbocycles. The van der Waals surface area contributed by atoms with E-state index in [9.17, 15) is 22.6 Å². The molecule has 204 valence electrons. The van der Waals surface area contributed by atoms with Crippen molar-refractivity contribution < 1.29 is 27.3 Å². The van der Waals surface area contributed by atoms with Gasteiger partial charge in [0, 0.05) is 11.7 Å². The number of para-hydroxylation sites is 1. The second kappa shape index (κ2) is 10.7. The fourth-order valence-electron chi connectivity index (χ4n) is 4.79. The molecule has 4 rings (SSSR count). The summed E-state index contributed by atoms with van der Waals surface area (Å²) in [5.41, 5.74) is 2.06. The van der Waals surface area contributed by atoms with Gasteiger partial charge in [-0.25, -0.2) is 14.6 Å². The van der Waals surface area contributed by atoms with Gasteiger partial charge in [0.05, 0.1) is 28.9 Å². The second-order valence-corrected chi connectivity index (χ2v) is 11.4. The molecule has 3 aromatic rings. The molecule has 1 aliphatic heterocycles. The summed E-state index contributed by atoms with van der Waals surface area (Å²) in [6, 6.07) is 7.53. The monoisotopic (exact) mass is 543 g/mol. The van der Waals surface area contributed by atoms with E-state index in [4.69, 9.17) is 4.74 Å². The van der Waals surface area contributed by atoms with E-state index in [1.807, 2.05) is 6.20 Å². The lowest BCUT2D eigenvalue weighted by molar-refractivity contribution is 0.0527. The van der Waals surface area contributed by atoms with E-state index in [0.29, 0.717) is 5.52 Å². The molecule has 2 amide bonds. The fraction of sp³-hybridized carbons (Fsp3) is 0.423. The van der Waals surface area contributed by atoms with Crippen LogP contribution in [0.4, 0.5) is 16.3 Å². The molecule has 38 heavy (non-hydrogen) atoms. The van der Waals surface area contributed by atoms with Crippen molar-refractivity contribution in [2.75, 3.05) is 29.3 Å². The lowest BCUT2D eigenvalue weighted by Crippen LogP contribution is -2.45. The number of aromatic nitrogens is 2. The smallest absolute Gasteiger partial charge is 0.368 e. The molecule has 0 atom stereocenters. The molecule has 3 N–H and O–H groups in total. The summed E-state index contributed by atoms with van der Waals surface area (Å²) in [4.78, 5) is 35.8. The summed E-state index contributed by atoms with van der Waals surface area (Å²) in [6.07, 6.45) is 3.86. The van der Waals surface area contributed by atoms with Gasteiger partial charge in [0.1, 0.15) is 5.82 Å². The first-order valence-electron chi connectivity index (χ1n) is 12.5. The average molecular weight is 544 g/mol. The van der Waals surface area contributed by atoms with E-state index in [1.165, 1.54) is 30.3 Å². The number of rotatable bonds is 6. The normalized spacial score (nSPS) is 15.4. The molecule has 3 heterocycles. The zero-order valence-corrected chi connectivity index (χ0v) is 22.7. The number of piperidine rings is 1. The Morgan fingerprint density at radius 1 is 1.18 bits per heavy atom. The first-order valence-corrected chi connectivity index (χ1v) is 13.9. The second-order valence-electron chi connectivity index (χ2n) is 10.2. The highest BCUT2D eigenvalue weighted by molar-refractivity contribution is 7.88. The van der Waals surface area contributed by atoms with Crippen LogP contribution in [0.5, 0.6) is 0 Å². The molecular weight excluding hydrogens is 510 g/mol. The maximum absolute atomic E-state index is 13.2. The van der Waals surface area contributed by atoms with Crippen molar-refractivity contribution in [1.29, 1.82) is 0 Å². The van der Waals surface area contributed by atoms with Crippen LogP contribution in [0.2, 0.25) is 0 Å².